The molecular weight excluding hydrogens is 432 g/mol. The van der Waals surface area contributed by atoms with E-state index >= 15 is 0 Å². The maximum atomic E-state index is 9.16. The van der Waals surface area contributed by atoms with E-state index in [-0.39, 0.29) is 57.4 Å². The second-order valence-corrected chi connectivity index (χ2v) is 8.18. The topological polar surface area (TPSA) is 152 Å². The third-order valence-corrected chi connectivity index (χ3v) is 5.04. The molecule has 0 aliphatic rings. The number of aryl methyl sites for hydroxylation is 1. The molecule has 1 aromatic heterocycles. The summed E-state index contributed by atoms with van der Waals surface area (Å²) in [4.78, 5) is 3.98. The first kappa shape index (κ1) is 29.6. The lowest BCUT2D eigenvalue weighted by Gasteiger charge is -2.20. The van der Waals surface area contributed by atoms with Gasteiger partial charge in [0.15, 0.2) is 0 Å². The quantitative estimate of drug-likeness (QED) is 0.133. The number of rotatable bonds is 22. The second kappa shape index (κ2) is 20.0. The highest BCUT2D eigenvalue weighted by Crippen LogP contribution is 2.07. The fourth-order valence-corrected chi connectivity index (χ4v) is 2.93. The number of hydrogen-bond acceptors (Lipinski definition) is 10. The molecule has 0 saturated heterocycles. The number of nitrogens with zero attached hydrogens (tertiary/aromatic N) is 4. The minimum atomic E-state index is -0.324. The molecule has 4 N–H and O–H groups in total. The van der Waals surface area contributed by atoms with Gasteiger partial charge in [0.1, 0.15) is 5.69 Å². The molecule has 0 bridgehead atoms. The number of aliphatic imine (C=N–C) groups is 1. The number of unbranched alkanes of at least 4 members (excludes halogenated alkanes) is 3. The van der Waals surface area contributed by atoms with Gasteiger partial charge >= 0.3 is 0 Å². The van der Waals surface area contributed by atoms with E-state index in [0.717, 1.165) is 37.9 Å². The van der Waals surface area contributed by atoms with Gasteiger partial charge in [-0.15, -0.1) is 5.10 Å². The lowest BCUT2D eigenvalue weighted by molar-refractivity contribution is -0.0369. The van der Waals surface area contributed by atoms with Crippen LogP contribution in [0.25, 0.3) is 0 Å². The van der Waals surface area contributed by atoms with Crippen molar-refractivity contribution in [1.29, 1.82) is 0 Å². The van der Waals surface area contributed by atoms with Gasteiger partial charge in [-0.1, -0.05) is 11.6 Å². The Bertz CT molecular complexity index is 577. The van der Waals surface area contributed by atoms with Gasteiger partial charge in [-0.3, -0.25) is 4.68 Å². The normalized spacial score (nSPS) is 12.2. The molecule has 0 fully saturated rings. The van der Waals surface area contributed by atoms with Gasteiger partial charge in [0.05, 0.1) is 72.3 Å². The molecule has 0 saturated carbocycles. The first-order valence-electron chi connectivity index (χ1n) is 11.6. The van der Waals surface area contributed by atoms with Crippen molar-refractivity contribution in [2.24, 2.45) is 22.7 Å². The average Bonchev–Trinajstić information content (AvgIpc) is 3.29. The Morgan fingerprint density at radius 1 is 0.848 bits per heavy atom. The molecule has 0 radical (unpaired) electrons. The zero-order valence-electron chi connectivity index (χ0n) is 19.8. The number of ether oxygens (including phenoxy) is 3. The SMILES string of the molecule is CN=CCCCCCn1cc(COCC(COCC(CO)CO)COCC(CO)CO)nn1. The van der Waals surface area contributed by atoms with Crippen LogP contribution >= 0.6 is 0 Å². The summed E-state index contributed by atoms with van der Waals surface area (Å²) in [5.41, 5.74) is 0.745. The van der Waals surface area contributed by atoms with E-state index in [4.69, 9.17) is 34.6 Å². The Kier molecular flexibility index (Phi) is 17.9. The van der Waals surface area contributed by atoms with Crippen molar-refractivity contribution < 1.29 is 34.6 Å². The zero-order valence-corrected chi connectivity index (χ0v) is 19.8. The predicted molar refractivity (Wildman–Crippen MR) is 123 cm³/mol. The molecule has 0 aromatic carbocycles. The molecule has 11 heteroatoms. The molecule has 0 amide bonds. The monoisotopic (exact) mass is 474 g/mol. The molecule has 0 aliphatic carbocycles. The minimum Gasteiger partial charge on any atom is -0.396 e. The van der Waals surface area contributed by atoms with E-state index in [2.05, 4.69) is 15.3 Å². The molecule has 1 rings (SSSR count). The molecule has 11 nitrogen and oxygen atoms in total. The van der Waals surface area contributed by atoms with Crippen molar-refractivity contribution in [3.05, 3.63) is 11.9 Å². The summed E-state index contributed by atoms with van der Waals surface area (Å²) in [6.45, 7) is 2.02. The fourth-order valence-electron chi connectivity index (χ4n) is 2.93. The standard InChI is InChI=1S/C22H42N4O7/c1-23-6-4-2-3-5-7-26-8-22(24-25-26)18-33-17-21(15-31-13-19(9-27)10-28)16-32-14-20(11-29)12-30/h6,8,19-21,27-30H,2-5,7,9-18H2,1H3. The molecule has 0 aliphatic heterocycles. The van der Waals surface area contributed by atoms with Crippen molar-refractivity contribution in [3.8, 4) is 0 Å². The molecule has 1 aromatic rings. The Labute approximate surface area is 196 Å². The molecular formula is C22H42N4O7. The first-order valence-corrected chi connectivity index (χ1v) is 11.6. The molecule has 33 heavy (non-hydrogen) atoms. The lowest BCUT2D eigenvalue weighted by Crippen LogP contribution is -2.27. The molecule has 0 spiro atoms. The maximum absolute atomic E-state index is 9.16. The van der Waals surface area contributed by atoms with E-state index < -0.39 is 0 Å². The number of hydrogen-bond donors (Lipinski definition) is 4. The van der Waals surface area contributed by atoms with E-state index in [0.29, 0.717) is 26.4 Å². The Hall–Kier alpha value is -1.47. The van der Waals surface area contributed by atoms with Crippen molar-refractivity contribution in [2.75, 3.05) is 66.5 Å². The number of aliphatic hydroxyl groups excluding tert-OH is 4. The van der Waals surface area contributed by atoms with Gasteiger partial charge < -0.3 is 39.6 Å². The average molecular weight is 475 g/mol. The van der Waals surface area contributed by atoms with Crippen molar-refractivity contribution in [3.63, 3.8) is 0 Å². The summed E-state index contributed by atoms with van der Waals surface area (Å²) in [7, 11) is 1.79. The summed E-state index contributed by atoms with van der Waals surface area (Å²) < 4.78 is 18.9. The molecule has 0 atom stereocenters. The van der Waals surface area contributed by atoms with E-state index in [1.165, 1.54) is 0 Å². The first-order chi connectivity index (χ1) is 16.2. The minimum absolute atomic E-state index is 0.0947. The summed E-state index contributed by atoms with van der Waals surface area (Å²) in [6, 6.07) is 0. The van der Waals surface area contributed by atoms with Crippen LogP contribution in [0.15, 0.2) is 11.2 Å². The van der Waals surface area contributed by atoms with Gasteiger partial charge in [-0.25, -0.2) is 0 Å². The predicted octanol–water partition coefficient (Wildman–Crippen LogP) is -0.0933. The third kappa shape index (κ3) is 14.4. The number of aliphatic hydroxyl groups is 4. The van der Waals surface area contributed by atoms with Crippen LogP contribution in [-0.4, -0.2) is 108 Å². The smallest absolute Gasteiger partial charge is 0.108 e. The largest absolute Gasteiger partial charge is 0.396 e. The fraction of sp³-hybridized carbons (Fsp3) is 0.864. The van der Waals surface area contributed by atoms with Crippen LogP contribution in [0.2, 0.25) is 0 Å². The van der Waals surface area contributed by atoms with Crippen LogP contribution < -0.4 is 0 Å². The second-order valence-electron chi connectivity index (χ2n) is 8.18. The van der Waals surface area contributed by atoms with Crippen LogP contribution in [0.1, 0.15) is 31.4 Å². The van der Waals surface area contributed by atoms with Crippen molar-refractivity contribution >= 4 is 6.21 Å². The highest BCUT2D eigenvalue weighted by Gasteiger charge is 2.15. The molecule has 1 heterocycles. The van der Waals surface area contributed by atoms with Crippen LogP contribution in [0, 0.1) is 17.8 Å². The molecule has 0 unspecified atom stereocenters. The van der Waals surface area contributed by atoms with Crippen molar-refractivity contribution in [2.45, 2.75) is 38.8 Å². The molecule has 192 valence electrons. The van der Waals surface area contributed by atoms with E-state index in [9.17, 15) is 0 Å². The van der Waals surface area contributed by atoms with Crippen LogP contribution in [-0.2, 0) is 27.4 Å². The Morgan fingerprint density at radius 2 is 1.42 bits per heavy atom. The lowest BCUT2D eigenvalue weighted by atomic mass is 10.1. The van der Waals surface area contributed by atoms with E-state index in [1.807, 2.05) is 17.1 Å². The van der Waals surface area contributed by atoms with Gasteiger partial charge in [0.25, 0.3) is 0 Å². The highest BCUT2D eigenvalue weighted by atomic mass is 16.5. The Morgan fingerprint density at radius 3 is 2.00 bits per heavy atom. The summed E-state index contributed by atoms with van der Waals surface area (Å²) >= 11 is 0. The van der Waals surface area contributed by atoms with Crippen molar-refractivity contribution in [1.82, 2.24) is 15.0 Å². The maximum Gasteiger partial charge on any atom is 0.108 e. The Balaban J connectivity index is 2.37. The van der Waals surface area contributed by atoms with E-state index in [1.54, 1.807) is 7.05 Å². The van der Waals surface area contributed by atoms with Gasteiger partial charge in [-0.2, -0.15) is 0 Å². The summed E-state index contributed by atoms with van der Waals surface area (Å²) in [5.74, 6) is -0.742. The highest BCUT2D eigenvalue weighted by molar-refractivity contribution is 5.56. The van der Waals surface area contributed by atoms with Crippen LogP contribution in [0.5, 0.6) is 0 Å². The van der Waals surface area contributed by atoms with Crippen LogP contribution in [0.3, 0.4) is 0 Å². The number of aromatic nitrogens is 3. The van der Waals surface area contributed by atoms with Crippen LogP contribution in [0.4, 0.5) is 0 Å². The van der Waals surface area contributed by atoms with Gasteiger partial charge in [0.2, 0.25) is 0 Å². The zero-order chi connectivity index (χ0) is 24.2. The van der Waals surface area contributed by atoms with Gasteiger partial charge in [-0.05, 0) is 25.5 Å². The third-order valence-electron chi connectivity index (χ3n) is 5.04. The summed E-state index contributed by atoms with van der Waals surface area (Å²) in [5, 5.41) is 44.9. The van der Waals surface area contributed by atoms with Gasteiger partial charge in [0, 0.05) is 31.3 Å². The summed E-state index contributed by atoms with van der Waals surface area (Å²) in [6.07, 6.45) is 8.08.